The fourth-order valence-corrected chi connectivity index (χ4v) is 1.57. The lowest BCUT2D eigenvalue weighted by Crippen LogP contribution is -2.20. The maximum Gasteiger partial charge on any atom is 0.227 e. The van der Waals surface area contributed by atoms with E-state index in [4.69, 9.17) is 11.6 Å². The average molecular weight is 244 g/mol. The van der Waals surface area contributed by atoms with E-state index in [-0.39, 0.29) is 17.5 Å². The van der Waals surface area contributed by atoms with Crippen molar-refractivity contribution >= 4 is 23.2 Å². The molecule has 0 heterocycles. The number of nitrogens with one attached hydrogen (secondary N) is 1. The number of carbonyl (C=O) groups is 1. The van der Waals surface area contributed by atoms with E-state index in [2.05, 4.69) is 5.32 Å². The summed E-state index contributed by atoms with van der Waals surface area (Å²) in [5.41, 5.74) is 0.178. The highest BCUT2D eigenvalue weighted by atomic mass is 35.5. The van der Waals surface area contributed by atoms with Gasteiger partial charge in [0.1, 0.15) is 5.82 Å². The third-order valence-corrected chi connectivity index (χ3v) is 2.59. The monoisotopic (exact) mass is 243 g/mol. The van der Waals surface area contributed by atoms with Crippen molar-refractivity contribution in [3.63, 3.8) is 0 Å². The van der Waals surface area contributed by atoms with Crippen LogP contribution < -0.4 is 5.32 Å². The quantitative estimate of drug-likeness (QED) is 0.855. The summed E-state index contributed by atoms with van der Waals surface area (Å²) in [5, 5.41) is 2.87. The van der Waals surface area contributed by atoms with Crippen LogP contribution in [0.3, 0.4) is 0 Å². The van der Waals surface area contributed by atoms with Crippen LogP contribution in [0.4, 0.5) is 10.1 Å². The zero-order valence-electron chi connectivity index (χ0n) is 9.39. The van der Waals surface area contributed by atoms with E-state index in [1.807, 2.05) is 13.8 Å². The Morgan fingerprint density at radius 3 is 2.81 bits per heavy atom. The normalized spacial score (nSPS) is 12.2. The molecule has 0 bridgehead atoms. The summed E-state index contributed by atoms with van der Waals surface area (Å²) in [5.74, 6) is -0.785. The summed E-state index contributed by atoms with van der Waals surface area (Å²) in [7, 11) is 0. The number of hydrogen-bond acceptors (Lipinski definition) is 1. The topological polar surface area (TPSA) is 29.1 Å². The number of amides is 1. The Kier molecular flexibility index (Phi) is 4.74. The van der Waals surface area contributed by atoms with Gasteiger partial charge in [0.25, 0.3) is 0 Å². The zero-order chi connectivity index (χ0) is 12.1. The summed E-state index contributed by atoms with van der Waals surface area (Å²) in [4.78, 5) is 11.6. The van der Waals surface area contributed by atoms with Gasteiger partial charge < -0.3 is 5.32 Å². The molecule has 0 saturated carbocycles. The summed E-state index contributed by atoms with van der Waals surface area (Å²) in [6.45, 7) is 3.83. The summed E-state index contributed by atoms with van der Waals surface area (Å²) in [6, 6.07) is 4.20. The van der Waals surface area contributed by atoms with E-state index in [0.29, 0.717) is 5.02 Å². The van der Waals surface area contributed by atoms with E-state index in [0.717, 1.165) is 12.8 Å². The minimum atomic E-state index is -0.510. The maximum atomic E-state index is 13.4. The van der Waals surface area contributed by atoms with Gasteiger partial charge in [-0.25, -0.2) is 4.39 Å². The minimum absolute atomic E-state index is 0.111. The van der Waals surface area contributed by atoms with Crippen molar-refractivity contribution in [1.29, 1.82) is 0 Å². The summed E-state index contributed by atoms with van der Waals surface area (Å²) >= 11 is 5.61. The van der Waals surface area contributed by atoms with Crippen LogP contribution in [-0.2, 0) is 4.79 Å². The Bertz CT molecular complexity index is 381. The number of hydrogen-bond donors (Lipinski definition) is 1. The molecule has 0 aliphatic carbocycles. The SMILES string of the molecule is CCCC(C)C(=O)Nc1ccc(Cl)cc1F. The largest absolute Gasteiger partial charge is 0.323 e. The highest BCUT2D eigenvalue weighted by molar-refractivity contribution is 6.30. The van der Waals surface area contributed by atoms with Gasteiger partial charge in [-0.3, -0.25) is 4.79 Å². The van der Waals surface area contributed by atoms with Crippen LogP contribution in [0.2, 0.25) is 5.02 Å². The lowest BCUT2D eigenvalue weighted by atomic mass is 10.1. The molecule has 1 amide bonds. The summed E-state index contributed by atoms with van der Waals surface area (Å²) in [6.07, 6.45) is 1.72. The number of halogens is 2. The molecule has 1 aromatic rings. The molecule has 88 valence electrons. The van der Waals surface area contributed by atoms with E-state index in [9.17, 15) is 9.18 Å². The number of benzene rings is 1. The molecule has 2 nitrogen and oxygen atoms in total. The smallest absolute Gasteiger partial charge is 0.227 e. The molecule has 0 aliphatic heterocycles. The Morgan fingerprint density at radius 2 is 2.25 bits per heavy atom. The lowest BCUT2D eigenvalue weighted by molar-refractivity contribution is -0.119. The average Bonchev–Trinajstić information content (AvgIpc) is 2.22. The van der Waals surface area contributed by atoms with Gasteiger partial charge in [-0.05, 0) is 24.6 Å². The predicted molar refractivity (Wildman–Crippen MR) is 64.1 cm³/mol. The first-order valence-corrected chi connectivity index (χ1v) is 5.68. The fourth-order valence-electron chi connectivity index (χ4n) is 1.41. The van der Waals surface area contributed by atoms with Crippen LogP contribution >= 0.6 is 11.6 Å². The molecule has 16 heavy (non-hydrogen) atoms. The summed E-state index contributed by atoms with van der Waals surface area (Å²) < 4.78 is 13.4. The Morgan fingerprint density at radius 1 is 1.56 bits per heavy atom. The molecule has 0 aromatic heterocycles. The van der Waals surface area contributed by atoms with Gasteiger partial charge in [0.2, 0.25) is 5.91 Å². The van der Waals surface area contributed by atoms with Gasteiger partial charge >= 0.3 is 0 Å². The third-order valence-electron chi connectivity index (χ3n) is 2.36. The molecular formula is C12H15ClFNO. The van der Waals surface area contributed by atoms with E-state index in [1.165, 1.54) is 12.1 Å². The van der Waals surface area contributed by atoms with Crippen LogP contribution in [0.15, 0.2) is 18.2 Å². The number of carbonyl (C=O) groups excluding carboxylic acids is 1. The van der Waals surface area contributed by atoms with Crippen LogP contribution in [-0.4, -0.2) is 5.91 Å². The first kappa shape index (κ1) is 13.0. The molecule has 1 rings (SSSR count). The van der Waals surface area contributed by atoms with Crippen molar-refractivity contribution in [3.8, 4) is 0 Å². The molecule has 1 unspecified atom stereocenters. The molecule has 4 heteroatoms. The van der Waals surface area contributed by atoms with Gasteiger partial charge in [-0.15, -0.1) is 0 Å². The van der Waals surface area contributed by atoms with Gasteiger partial charge in [0.15, 0.2) is 0 Å². The highest BCUT2D eigenvalue weighted by Gasteiger charge is 2.13. The van der Waals surface area contributed by atoms with Crippen molar-refractivity contribution in [2.45, 2.75) is 26.7 Å². The van der Waals surface area contributed by atoms with Crippen LogP contribution in [0.1, 0.15) is 26.7 Å². The Hall–Kier alpha value is -1.09. The Balaban J connectivity index is 2.69. The predicted octanol–water partition coefficient (Wildman–Crippen LogP) is 3.85. The first-order valence-electron chi connectivity index (χ1n) is 5.30. The molecular weight excluding hydrogens is 229 g/mol. The third kappa shape index (κ3) is 3.49. The molecule has 1 aromatic carbocycles. The highest BCUT2D eigenvalue weighted by Crippen LogP contribution is 2.20. The minimum Gasteiger partial charge on any atom is -0.323 e. The van der Waals surface area contributed by atoms with Gasteiger partial charge in [0.05, 0.1) is 5.69 Å². The molecule has 0 radical (unpaired) electrons. The van der Waals surface area contributed by atoms with Crippen LogP contribution in [0, 0.1) is 11.7 Å². The Labute approximate surface area is 99.8 Å². The fraction of sp³-hybridized carbons (Fsp3) is 0.417. The second-order valence-electron chi connectivity index (χ2n) is 3.80. The number of anilines is 1. The van der Waals surface area contributed by atoms with Crippen molar-refractivity contribution in [2.24, 2.45) is 5.92 Å². The maximum absolute atomic E-state index is 13.4. The van der Waals surface area contributed by atoms with Crippen molar-refractivity contribution < 1.29 is 9.18 Å². The van der Waals surface area contributed by atoms with Crippen molar-refractivity contribution in [1.82, 2.24) is 0 Å². The molecule has 0 aliphatic rings. The van der Waals surface area contributed by atoms with E-state index >= 15 is 0 Å². The standard InChI is InChI=1S/C12H15ClFNO/c1-3-4-8(2)12(16)15-11-6-5-9(13)7-10(11)14/h5-8H,3-4H2,1-2H3,(H,15,16). The van der Waals surface area contributed by atoms with Crippen LogP contribution in [0.25, 0.3) is 0 Å². The lowest BCUT2D eigenvalue weighted by Gasteiger charge is -2.11. The molecule has 0 spiro atoms. The molecule has 1 N–H and O–H groups in total. The molecule has 0 saturated heterocycles. The van der Waals surface area contributed by atoms with Crippen molar-refractivity contribution in [2.75, 3.05) is 5.32 Å². The van der Waals surface area contributed by atoms with Gasteiger partial charge in [0, 0.05) is 10.9 Å². The van der Waals surface area contributed by atoms with Gasteiger partial charge in [-0.2, -0.15) is 0 Å². The van der Waals surface area contributed by atoms with Crippen molar-refractivity contribution in [3.05, 3.63) is 29.0 Å². The molecule has 1 atom stereocenters. The first-order chi connectivity index (χ1) is 7.54. The van der Waals surface area contributed by atoms with Crippen LogP contribution in [0.5, 0.6) is 0 Å². The second-order valence-corrected chi connectivity index (χ2v) is 4.24. The zero-order valence-corrected chi connectivity index (χ0v) is 10.1. The van der Waals surface area contributed by atoms with E-state index in [1.54, 1.807) is 6.07 Å². The van der Waals surface area contributed by atoms with E-state index < -0.39 is 5.82 Å². The number of rotatable bonds is 4. The second kappa shape index (κ2) is 5.85. The molecule has 0 fully saturated rings. The van der Waals surface area contributed by atoms with Gasteiger partial charge in [-0.1, -0.05) is 31.9 Å².